The molecule has 3 heterocycles. The van der Waals surface area contributed by atoms with Crippen molar-refractivity contribution in [2.24, 2.45) is 0 Å². The Morgan fingerprint density at radius 2 is 1.93 bits per heavy atom. The Balaban J connectivity index is 1.56. The molecule has 0 aliphatic carbocycles. The van der Waals surface area contributed by atoms with Gasteiger partial charge in [-0.05, 0) is 26.3 Å². The van der Waals surface area contributed by atoms with E-state index >= 15 is 0 Å². The Morgan fingerprint density at radius 3 is 2.64 bits per heavy atom. The summed E-state index contributed by atoms with van der Waals surface area (Å²) in [6.07, 6.45) is 1.74. The van der Waals surface area contributed by atoms with Gasteiger partial charge in [-0.3, -0.25) is 4.79 Å². The van der Waals surface area contributed by atoms with Gasteiger partial charge in [0.2, 0.25) is 5.91 Å². The van der Waals surface area contributed by atoms with Crippen LogP contribution in [0.1, 0.15) is 19.4 Å². The number of rotatable bonds is 4. The van der Waals surface area contributed by atoms with E-state index in [9.17, 15) is 4.79 Å². The maximum Gasteiger partial charge on any atom is 0.233 e. The number of thioether (sulfide) groups is 1. The van der Waals surface area contributed by atoms with Crippen LogP contribution in [0.4, 0.5) is 0 Å². The molecule has 0 N–H and O–H groups in total. The Hall–Kier alpha value is -1.96. The molecule has 0 spiro atoms. The van der Waals surface area contributed by atoms with Gasteiger partial charge in [0.15, 0.2) is 0 Å². The quantitative estimate of drug-likeness (QED) is 0.469. The number of carbonyl (C=O) groups is 1. The maximum atomic E-state index is 12.7. The highest BCUT2D eigenvalue weighted by molar-refractivity contribution is 8.00. The van der Waals surface area contributed by atoms with Gasteiger partial charge in [0.1, 0.15) is 16.2 Å². The van der Waals surface area contributed by atoms with Gasteiger partial charge in [-0.15, -0.1) is 11.3 Å². The summed E-state index contributed by atoms with van der Waals surface area (Å²) in [6.45, 7) is 7.40. The molecule has 1 fully saturated rings. The van der Waals surface area contributed by atoms with Crippen LogP contribution < -0.4 is 0 Å². The van der Waals surface area contributed by atoms with Crippen LogP contribution in [0.5, 0.6) is 0 Å². The maximum absolute atomic E-state index is 12.7. The van der Waals surface area contributed by atoms with Crippen molar-refractivity contribution >= 4 is 39.2 Å². The summed E-state index contributed by atoms with van der Waals surface area (Å²) >= 11 is 3.11. The van der Waals surface area contributed by atoms with Crippen molar-refractivity contribution in [2.45, 2.75) is 38.0 Å². The van der Waals surface area contributed by atoms with Gasteiger partial charge in [0, 0.05) is 24.0 Å². The SMILES string of the molecule is Cc1ccc(-c2csc3ncnc(SCC(=O)N4C[C@@H](C)O[C@H](C)C4)c23)cc1. The molecule has 1 aliphatic rings. The van der Waals surface area contributed by atoms with Gasteiger partial charge in [-0.1, -0.05) is 41.6 Å². The van der Waals surface area contributed by atoms with Crippen LogP contribution in [-0.2, 0) is 9.53 Å². The van der Waals surface area contributed by atoms with Gasteiger partial charge in [-0.2, -0.15) is 0 Å². The van der Waals surface area contributed by atoms with Gasteiger partial charge in [0.05, 0.1) is 23.3 Å². The van der Waals surface area contributed by atoms with Crippen LogP contribution in [0.15, 0.2) is 41.0 Å². The van der Waals surface area contributed by atoms with Crippen LogP contribution in [0.25, 0.3) is 21.3 Å². The number of thiophene rings is 1. The van der Waals surface area contributed by atoms with E-state index in [1.54, 1.807) is 17.7 Å². The number of hydrogen-bond donors (Lipinski definition) is 0. The summed E-state index contributed by atoms with van der Waals surface area (Å²) in [5.74, 6) is 0.500. The molecule has 1 saturated heterocycles. The third kappa shape index (κ3) is 4.06. The number of carbonyl (C=O) groups excluding carboxylic acids is 1. The molecule has 2 aromatic heterocycles. The van der Waals surface area contributed by atoms with E-state index in [0.29, 0.717) is 18.8 Å². The van der Waals surface area contributed by atoms with Crippen LogP contribution in [0.3, 0.4) is 0 Å². The number of benzene rings is 1. The molecule has 0 unspecified atom stereocenters. The molecule has 1 amide bonds. The molecule has 146 valence electrons. The van der Waals surface area contributed by atoms with E-state index in [0.717, 1.165) is 26.4 Å². The standard InChI is InChI=1S/C21H23N3O2S2/c1-13-4-6-16(7-5-13)17-10-27-20-19(17)21(23-12-22-20)28-11-18(25)24-8-14(2)26-15(3)9-24/h4-7,10,12,14-15H,8-9,11H2,1-3H3/t14-,15-/m1/s1. The normalized spacial score (nSPS) is 19.9. The molecule has 0 saturated carbocycles. The highest BCUT2D eigenvalue weighted by Crippen LogP contribution is 2.38. The third-order valence-electron chi connectivity index (χ3n) is 4.80. The van der Waals surface area contributed by atoms with E-state index in [-0.39, 0.29) is 18.1 Å². The smallest absolute Gasteiger partial charge is 0.233 e. The second-order valence-electron chi connectivity index (χ2n) is 7.22. The van der Waals surface area contributed by atoms with E-state index in [4.69, 9.17) is 4.74 Å². The largest absolute Gasteiger partial charge is 0.372 e. The van der Waals surface area contributed by atoms with Crippen LogP contribution in [-0.4, -0.2) is 51.8 Å². The zero-order valence-corrected chi connectivity index (χ0v) is 17.8. The van der Waals surface area contributed by atoms with E-state index in [1.165, 1.54) is 17.3 Å². The molecule has 0 bridgehead atoms. The average Bonchev–Trinajstić information content (AvgIpc) is 3.10. The summed E-state index contributed by atoms with van der Waals surface area (Å²) in [5.41, 5.74) is 3.51. The summed E-state index contributed by atoms with van der Waals surface area (Å²) < 4.78 is 5.73. The molecule has 3 aromatic rings. The Bertz CT molecular complexity index is 977. The molecule has 4 rings (SSSR count). The van der Waals surface area contributed by atoms with Gasteiger partial charge < -0.3 is 9.64 Å². The number of ether oxygens (including phenoxy) is 1. The highest BCUT2D eigenvalue weighted by Gasteiger charge is 2.26. The number of amides is 1. The van der Waals surface area contributed by atoms with E-state index in [1.807, 2.05) is 18.7 Å². The molecule has 1 aromatic carbocycles. The predicted molar refractivity (Wildman–Crippen MR) is 115 cm³/mol. The lowest BCUT2D eigenvalue weighted by atomic mass is 10.1. The summed E-state index contributed by atoms with van der Waals surface area (Å²) in [7, 11) is 0. The van der Waals surface area contributed by atoms with Crippen LogP contribution in [0.2, 0.25) is 0 Å². The third-order valence-corrected chi connectivity index (χ3v) is 6.66. The monoisotopic (exact) mass is 413 g/mol. The number of nitrogens with zero attached hydrogens (tertiary/aromatic N) is 3. The molecule has 28 heavy (non-hydrogen) atoms. The predicted octanol–water partition coefficient (Wildman–Crippen LogP) is 4.39. The second-order valence-corrected chi connectivity index (χ2v) is 9.04. The molecule has 5 nitrogen and oxygen atoms in total. The number of hydrogen-bond acceptors (Lipinski definition) is 6. The zero-order chi connectivity index (χ0) is 19.7. The van der Waals surface area contributed by atoms with E-state index in [2.05, 4.69) is 46.5 Å². The van der Waals surface area contributed by atoms with Crippen molar-refractivity contribution in [1.82, 2.24) is 14.9 Å². The fourth-order valence-corrected chi connectivity index (χ4v) is 5.40. The fraction of sp³-hybridized carbons (Fsp3) is 0.381. The first-order valence-electron chi connectivity index (χ1n) is 9.36. The summed E-state index contributed by atoms with van der Waals surface area (Å²) in [5, 5.41) is 4.03. The van der Waals surface area contributed by atoms with E-state index < -0.39 is 0 Å². The first kappa shape index (κ1) is 19.4. The van der Waals surface area contributed by atoms with Crippen molar-refractivity contribution in [2.75, 3.05) is 18.8 Å². The molecule has 0 radical (unpaired) electrons. The number of fused-ring (bicyclic) bond motifs is 1. The van der Waals surface area contributed by atoms with Gasteiger partial charge in [-0.25, -0.2) is 9.97 Å². The summed E-state index contributed by atoms with van der Waals surface area (Å²) in [6, 6.07) is 8.47. The first-order valence-corrected chi connectivity index (χ1v) is 11.2. The topological polar surface area (TPSA) is 55.3 Å². The van der Waals surface area contributed by atoms with Crippen molar-refractivity contribution in [3.8, 4) is 11.1 Å². The molecule has 7 heteroatoms. The zero-order valence-electron chi connectivity index (χ0n) is 16.2. The lowest BCUT2D eigenvalue weighted by molar-refractivity contribution is -0.140. The Morgan fingerprint density at radius 1 is 1.21 bits per heavy atom. The highest BCUT2D eigenvalue weighted by atomic mass is 32.2. The summed E-state index contributed by atoms with van der Waals surface area (Å²) in [4.78, 5) is 24.5. The van der Waals surface area contributed by atoms with Crippen molar-refractivity contribution < 1.29 is 9.53 Å². The number of aryl methyl sites for hydroxylation is 1. The molecule has 2 atom stereocenters. The lowest BCUT2D eigenvalue weighted by Crippen LogP contribution is -2.48. The Kier molecular flexibility index (Phi) is 5.66. The Labute approximate surface area is 173 Å². The van der Waals surface area contributed by atoms with Crippen molar-refractivity contribution in [1.29, 1.82) is 0 Å². The molecular weight excluding hydrogens is 390 g/mol. The van der Waals surface area contributed by atoms with Gasteiger partial charge in [0.25, 0.3) is 0 Å². The number of aromatic nitrogens is 2. The van der Waals surface area contributed by atoms with Crippen LogP contribution in [0, 0.1) is 6.92 Å². The lowest BCUT2D eigenvalue weighted by Gasteiger charge is -2.35. The minimum absolute atomic E-state index is 0.0773. The molecule has 1 aliphatic heterocycles. The van der Waals surface area contributed by atoms with Crippen molar-refractivity contribution in [3.05, 3.63) is 41.5 Å². The van der Waals surface area contributed by atoms with Gasteiger partial charge >= 0.3 is 0 Å². The minimum atomic E-state index is 0.0773. The van der Waals surface area contributed by atoms with Crippen LogP contribution >= 0.6 is 23.1 Å². The second kappa shape index (κ2) is 8.19. The first-order chi connectivity index (χ1) is 13.5. The average molecular weight is 414 g/mol. The molecular formula is C21H23N3O2S2. The number of morpholine rings is 1. The minimum Gasteiger partial charge on any atom is -0.372 e. The van der Waals surface area contributed by atoms with Crippen molar-refractivity contribution in [3.63, 3.8) is 0 Å². The fourth-order valence-electron chi connectivity index (χ4n) is 3.51.